The Hall–Kier alpha value is -1.94. The van der Waals surface area contributed by atoms with Gasteiger partial charge in [0.1, 0.15) is 0 Å². The van der Waals surface area contributed by atoms with Crippen LogP contribution < -0.4 is 0 Å². The Bertz CT molecular complexity index is 704. The van der Waals surface area contributed by atoms with E-state index in [4.69, 9.17) is 5.11 Å². The van der Waals surface area contributed by atoms with Gasteiger partial charge in [-0.3, -0.25) is 4.79 Å². The second-order valence-electron chi connectivity index (χ2n) is 4.06. The lowest BCUT2D eigenvalue weighted by Gasteiger charge is -2.04. The molecule has 3 nitrogen and oxygen atoms in total. The second-order valence-corrected chi connectivity index (χ2v) is 4.91. The summed E-state index contributed by atoms with van der Waals surface area (Å²) in [7, 11) is 0. The molecule has 0 saturated heterocycles. The number of rotatable bonds is 1. The Morgan fingerprint density at radius 1 is 1.00 bits per heavy atom. The zero-order valence-electron chi connectivity index (χ0n) is 9.11. The molecule has 1 N–H and O–H groups in total. The van der Waals surface area contributed by atoms with Crippen molar-refractivity contribution < 1.29 is 14.7 Å². The maximum atomic E-state index is 12.2. The Morgan fingerprint density at radius 2 is 1.67 bits per heavy atom. The summed E-state index contributed by atoms with van der Waals surface area (Å²) in [6, 6.07) is 10.4. The molecule has 18 heavy (non-hydrogen) atoms. The van der Waals surface area contributed by atoms with Gasteiger partial charge in [-0.2, -0.15) is 0 Å². The average Bonchev–Trinajstić information content (AvgIpc) is 2.62. The van der Waals surface area contributed by atoms with Crippen molar-refractivity contribution in [2.45, 2.75) is 0 Å². The van der Waals surface area contributed by atoms with Gasteiger partial charge in [0.2, 0.25) is 0 Å². The lowest BCUT2D eigenvalue weighted by atomic mass is 10.0. The van der Waals surface area contributed by atoms with Gasteiger partial charge in [-0.15, -0.1) is 0 Å². The highest BCUT2D eigenvalue weighted by molar-refractivity contribution is 9.10. The SMILES string of the molecule is O=C(O)c1cc2c(cc1Br)-c1ccccc1C2=O. The molecule has 0 aliphatic heterocycles. The van der Waals surface area contributed by atoms with Crippen molar-refractivity contribution in [2.75, 3.05) is 0 Å². The zero-order chi connectivity index (χ0) is 12.9. The quantitative estimate of drug-likeness (QED) is 0.750. The molecule has 0 radical (unpaired) electrons. The summed E-state index contributed by atoms with van der Waals surface area (Å²) in [6.45, 7) is 0. The fraction of sp³-hybridized carbons (Fsp3) is 0. The minimum absolute atomic E-state index is 0.106. The Balaban J connectivity index is 2.33. The van der Waals surface area contributed by atoms with E-state index >= 15 is 0 Å². The van der Waals surface area contributed by atoms with Gasteiger partial charge < -0.3 is 5.11 Å². The van der Waals surface area contributed by atoms with E-state index in [0.29, 0.717) is 15.6 Å². The average molecular weight is 303 g/mol. The van der Waals surface area contributed by atoms with Gasteiger partial charge in [0, 0.05) is 15.6 Å². The van der Waals surface area contributed by atoms with E-state index in [9.17, 15) is 9.59 Å². The van der Waals surface area contributed by atoms with Crippen LogP contribution in [-0.2, 0) is 0 Å². The molecule has 1 aliphatic carbocycles. The molecule has 0 saturated carbocycles. The van der Waals surface area contributed by atoms with Gasteiger partial charge in [-0.05, 0) is 39.2 Å². The van der Waals surface area contributed by atoms with Gasteiger partial charge in [0.15, 0.2) is 5.78 Å². The number of hydrogen-bond donors (Lipinski definition) is 1. The molecular formula is C14H7BrO3. The third-order valence-electron chi connectivity index (χ3n) is 3.04. The first kappa shape index (κ1) is 11.2. The van der Waals surface area contributed by atoms with E-state index < -0.39 is 5.97 Å². The highest BCUT2D eigenvalue weighted by atomic mass is 79.9. The van der Waals surface area contributed by atoms with Gasteiger partial charge >= 0.3 is 5.97 Å². The fourth-order valence-electron chi connectivity index (χ4n) is 2.21. The minimum Gasteiger partial charge on any atom is -0.478 e. The zero-order valence-corrected chi connectivity index (χ0v) is 10.7. The summed E-state index contributed by atoms with van der Waals surface area (Å²) in [6.07, 6.45) is 0. The first-order chi connectivity index (χ1) is 8.59. The van der Waals surface area contributed by atoms with E-state index in [0.717, 1.165) is 11.1 Å². The lowest BCUT2D eigenvalue weighted by Crippen LogP contribution is -2.01. The summed E-state index contributed by atoms with van der Waals surface area (Å²) >= 11 is 3.23. The molecule has 0 heterocycles. The van der Waals surface area contributed by atoms with Gasteiger partial charge in [0.05, 0.1) is 5.56 Å². The highest BCUT2D eigenvalue weighted by Crippen LogP contribution is 2.39. The van der Waals surface area contributed by atoms with Crippen molar-refractivity contribution in [1.82, 2.24) is 0 Å². The lowest BCUT2D eigenvalue weighted by molar-refractivity contribution is 0.0696. The summed E-state index contributed by atoms with van der Waals surface area (Å²) in [5.41, 5.74) is 2.83. The minimum atomic E-state index is -1.05. The number of carboxylic acids is 1. The molecule has 0 bridgehead atoms. The van der Waals surface area contributed by atoms with Crippen molar-refractivity contribution in [2.24, 2.45) is 0 Å². The number of ketones is 1. The molecule has 0 atom stereocenters. The van der Waals surface area contributed by atoms with E-state index in [-0.39, 0.29) is 11.3 Å². The number of aromatic carboxylic acids is 1. The largest absolute Gasteiger partial charge is 0.478 e. The van der Waals surface area contributed by atoms with Crippen LogP contribution in [0.15, 0.2) is 40.9 Å². The van der Waals surface area contributed by atoms with Crippen LogP contribution in [0.4, 0.5) is 0 Å². The number of carbonyl (C=O) groups is 2. The maximum Gasteiger partial charge on any atom is 0.336 e. The van der Waals surface area contributed by atoms with Crippen LogP contribution in [0, 0.1) is 0 Å². The van der Waals surface area contributed by atoms with E-state index in [2.05, 4.69) is 15.9 Å². The summed E-state index contributed by atoms with van der Waals surface area (Å²) in [4.78, 5) is 23.2. The first-order valence-electron chi connectivity index (χ1n) is 5.30. The monoisotopic (exact) mass is 302 g/mol. The number of carboxylic acid groups (broad SMARTS) is 1. The number of fused-ring (bicyclic) bond motifs is 3. The molecule has 4 heteroatoms. The summed E-state index contributed by atoms with van der Waals surface area (Å²) in [5, 5.41) is 9.06. The highest BCUT2D eigenvalue weighted by Gasteiger charge is 2.28. The Labute approximate surface area is 111 Å². The van der Waals surface area contributed by atoms with Crippen LogP contribution in [0.5, 0.6) is 0 Å². The molecule has 0 aromatic heterocycles. The molecule has 0 fully saturated rings. The van der Waals surface area contributed by atoms with Crippen molar-refractivity contribution in [1.29, 1.82) is 0 Å². The molecule has 0 unspecified atom stereocenters. The number of hydrogen-bond acceptors (Lipinski definition) is 2. The van der Waals surface area contributed by atoms with Crippen molar-refractivity contribution >= 4 is 27.7 Å². The molecule has 1 aliphatic rings. The third kappa shape index (κ3) is 1.42. The molecule has 2 aromatic rings. The van der Waals surface area contributed by atoms with Crippen LogP contribution in [0.1, 0.15) is 26.3 Å². The van der Waals surface area contributed by atoms with Crippen LogP contribution in [0.3, 0.4) is 0 Å². The maximum absolute atomic E-state index is 12.2. The van der Waals surface area contributed by atoms with Crippen molar-refractivity contribution in [3.8, 4) is 11.1 Å². The standard InChI is InChI=1S/C14H7BrO3/c15-12-6-9-7-3-1-2-4-8(7)13(16)10(9)5-11(12)14(17)18/h1-6H,(H,17,18). The number of benzene rings is 2. The summed E-state index contributed by atoms with van der Waals surface area (Å²) in [5.74, 6) is -1.16. The van der Waals surface area contributed by atoms with E-state index in [1.54, 1.807) is 18.2 Å². The predicted octanol–water partition coefficient (Wildman–Crippen LogP) is 3.36. The van der Waals surface area contributed by atoms with Gasteiger partial charge in [-0.1, -0.05) is 24.3 Å². The molecule has 0 spiro atoms. The van der Waals surface area contributed by atoms with Crippen LogP contribution in [-0.4, -0.2) is 16.9 Å². The Kier molecular flexibility index (Phi) is 2.35. The van der Waals surface area contributed by atoms with Crippen LogP contribution in [0.2, 0.25) is 0 Å². The third-order valence-corrected chi connectivity index (χ3v) is 3.70. The van der Waals surface area contributed by atoms with Gasteiger partial charge in [-0.25, -0.2) is 4.79 Å². The number of halogens is 1. The fourth-order valence-corrected chi connectivity index (χ4v) is 2.72. The van der Waals surface area contributed by atoms with Crippen molar-refractivity contribution in [3.63, 3.8) is 0 Å². The molecule has 2 aromatic carbocycles. The molecule has 88 valence electrons. The van der Waals surface area contributed by atoms with E-state index in [1.807, 2.05) is 12.1 Å². The number of carbonyl (C=O) groups excluding carboxylic acids is 1. The summed E-state index contributed by atoms with van der Waals surface area (Å²) < 4.78 is 0.484. The topological polar surface area (TPSA) is 54.4 Å². The molecule has 3 rings (SSSR count). The van der Waals surface area contributed by atoms with Crippen molar-refractivity contribution in [3.05, 3.63) is 57.6 Å². The predicted molar refractivity (Wildman–Crippen MR) is 70.0 cm³/mol. The second kappa shape index (κ2) is 3.78. The smallest absolute Gasteiger partial charge is 0.336 e. The van der Waals surface area contributed by atoms with E-state index in [1.165, 1.54) is 6.07 Å². The Morgan fingerprint density at radius 3 is 2.33 bits per heavy atom. The normalized spacial score (nSPS) is 12.2. The first-order valence-corrected chi connectivity index (χ1v) is 6.10. The van der Waals surface area contributed by atoms with Crippen LogP contribution in [0.25, 0.3) is 11.1 Å². The van der Waals surface area contributed by atoms with Crippen LogP contribution >= 0.6 is 15.9 Å². The molecule has 0 amide bonds. The van der Waals surface area contributed by atoms with Gasteiger partial charge in [0.25, 0.3) is 0 Å². The molecular weight excluding hydrogens is 296 g/mol.